The summed E-state index contributed by atoms with van der Waals surface area (Å²) in [5, 5.41) is 6.58. The molecule has 0 fully saturated rings. The van der Waals surface area contributed by atoms with E-state index in [9.17, 15) is 14.4 Å². The number of hydrogen-bond donors (Lipinski definition) is 3. The van der Waals surface area contributed by atoms with Crippen LogP contribution in [-0.2, 0) is 9.59 Å². The van der Waals surface area contributed by atoms with Crippen LogP contribution in [0.15, 0.2) is 67.1 Å². The van der Waals surface area contributed by atoms with E-state index in [4.69, 9.17) is 0 Å². The second kappa shape index (κ2) is 9.22. The van der Waals surface area contributed by atoms with Crippen molar-refractivity contribution in [3.05, 3.63) is 78.2 Å². The molecule has 8 heteroatoms. The smallest absolute Gasteiger partial charge is 0.224 e. The number of fused-ring (bicyclic) bond motifs is 1. The number of aromatic nitrogens is 3. The van der Waals surface area contributed by atoms with E-state index in [-0.39, 0.29) is 30.3 Å². The number of carbonyl (C=O) groups is 3. The van der Waals surface area contributed by atoms with Gasteiger partial charge in [-0.1, -0.05) is 36.4 Å². The van der Waals surface area contributed by atoms with Gasteiger partial charge in [0.15, 0.2) is 5.78 Å². The Balaban J connectivity index is 1.60. The highest BCUT2D eigenvalue weighted by Gasteiger charge is 2.18. The second-order valence-corrected chi connectivity index (χ2v) is 7.30. The van der Waals surface area contributed by atoms with Gasteiger partial charge in [-0.2, -0.15) is 0 Å². The van der Waals surface area contributed by atoms with Crippen molar-refractivity contribution in [1.82, 2.24) is 15.0 Å². The molecule has 0 aliphatic carbocycles. The fourth-order valence-corrected chi connectivity index (χ4v) is 3.31. The number of benzene rings is 2. The summed E-state index contributed by atoms with van der Waals surface area (Å²) in [4.78, 5) is 47.7. The maximum absolute atomic E-state index is 13.0. The van der Waals surface area contributed by atoms with Crippen LogP contribution in [0, 0.1) is 0 Å². The summed E-state index contributed by atoms with van der Waals surface area (Å²) in [6.07, 6.45) is 3.37. The molecule has 2 aromatic carbocycles. The topological polar surface area (TPSA) is 117 Å². The lowest BCUT2D eigenvalue weighted by Crippen LogP contribution is -2.12. The summed E-state index contributed by atoms with van der Waals surface area (Å²) in [5.74, 6) is 0.0654. The molecule has 2 aromatic heterocycles. The molecule has 0 unspecified atom stereocenters. The number of rotatable bonds is 8. The molecule has 0 saturated heterocycles. The minimum absolute atomic E-state index is 0.0318. The largest absolute Gasteiger partial charge is 0.345 e. The van der Waals surface area contributed by atoms with Gasteiger partial charge < -0.3 is 20.4 Å². The normalized spacial score (nSPS) is 10.7. The number of Topliss-reactive ketones (excluding diaryl/α,β-unsaturated/α-hetero) is 1. The molecule has 1 amide bonds. The zero-order chi connectivity index (χ0) is 22.5. The molecule has 2 heterocycles. The average molecular weight is 427 g/mol. The molecule has 0 atom stereocenters. The minimum Gasteiger partial charge on any atom is -0.345 e. The van der Waals surface area contributed by atoms with Gasteiger partial charge in [-0.3, -0.25) is 9.59 Å². The maximum atomic E-state index is 13.0. The highest BCUT2D eigenvalue weighted by atomic mass is 16.2. The highest BCUT2D eigenvalue weighted by Crippen LogP contribution is 2.28. The van der Waals surface area contributed by atoms with E-state index in [0.717, 1.165) is 0 Å². The lowest BCUT2D eigenvalue weighted by molar-refractivity contribution is -0.121. The summed E-state index contributed by atoms with van der Waals surface area (Å²) in [7, 11) is 0. The number of nitrogens with one attached hydrogen (secondary N) is 3. The summed E-state index contributed by atoms with van der Waals surface area (Å²) in [5.41, 5.74) is 2.83. The molecule has 32 heavy (non-hydrogen) atoms. The van der Waals surface area contributed by atoms with Crippen molar-refractivity contribution in [2.75, 3.05) is 10.6 Å². The molecule has 3 N–H and O–H groups in total. The number of aromatic amines is 1. The van der Waals surface area contributed by atoms with Gasteiger partial charge in [0.2, 0.25) is 5.91 Å². The number of nitrogens with zero attached hydrogens (tertiary/aromatic N) is 2. The molecule has 0 radical (unpaired) electrons. The number of H-pyrrole nitrogens is 1. The Morgan fingerprint density at radius 2 is 1.72 bits per heavy atom. The molecule has 0 saturated carbocycles. The average Bonchev–Trinajstić information content (AvgIpc) is 3.23. The van der Waals surface area contributed by atoms with Crippen LogP contribution in [0.5, 0.6) is 0 Å². The molecular weight excluding hydrogens is 406 g/mol. The third-order valence-corrected chi connectivity index (χ3v) is 4.86. The molecule has 0 aliphatic rings. The minimum atomic E-state index is -0.233. The van der Waals surface area contributed by atoms with Crippen molar-refractivity contribution in [2.45, 2.75) is 19.8 Å². The Morgan fingerprint density at radius 1 is 0.938 bits per heavy atom. The first-order valence-electron chi connectivity index (χ1n) is 10.1. The van der Waals surface area contributed by atoms with Gasteiger partial charge in [0, 0.05) is 36.0 Å². The Labute approximate surface area is 184 Å². The standard InChI is InChI=1S/C24H21N5O3/c1-15(30)10-11-20(31)28-17-8-5-9-18(12-17)29-24-21-19(13-25-23(21)26-14-27-24)22(32)16-6-3-2-4-7-16/h2-9,12-14H,10-11H2,1H3,(H,28,31)(H2,25,26,27,29). The van der Waals surface area contributed by atoms with Crippen molar-refractivity contribution in [1.29, 1.82) is 0 Å². The summed E-state index contributed by atoms with van der Waals surface area (Å²) >= 11 is 0. The van der Waals surface area contributed by atoms with E-state index in [1.54, 1.807) is 36.5 Å². The predicted molar refractivity (Wildman–Crippen MR) is 122 cm³/mol. The van der Waals surface area contributed by atoms with E-state index >= 15 is 0 Å². The van der Waals surface area contributed by atoms with Crippen LogP contribution in [0.2, 0.25) is 0 Å². The Hall–Kier alpha value is -4.33. The highest BCUT2D eigenvalue weighted by molar-refractivity contribution is 6.18. The quantitative estimate of drug-likeness (QED) is 0.362. The van der Waals surface area contributed by atoms with Gasteiger partial charge in [0.05, 0.1) is 10.9 Å². The third-order valence-electron chi connectivity index (χ3n) is 4.86. The van der Waals surface area contributed by atoms with E-state index < -0.39 is 0 Å². The first-order chi connectivity index (χ1) is 15.5. The van der Waals surface area contributed by atoms with E-state index in [0.29, 0.717) is 39.4 Å². The SMILES string of the molecule is CC(=O)CCC(=O)Nc1cccc(Nc2ncnc3[nH]cc(C(=O)c4ccccc4)c23)c1. The Kier molecular flexibility index (Phi) is 6.03. The van der Waals surface area contributed by atoms with Crippen molar-refractivity contribution < 1.29 is 14.4 Å². The third kappa shape index (κ3) is 4.70. The summed E-state index contributed by atoms with van der Waals surface area (Å²) in [6, 6.07) is 16.1. The van der Waals surface area contributed by atoms with Crippen LogP contribution in [0.25, 0.3) is 11.0 Å². The molecule has 0 aliphatic heterocycles. The van der Waals surface area contributed by atoms with Gasteiger partial charge in [0.1, 0.15) is 23.6 Å². The summed E-state index contributed by atoms with van der Waals surface area (Å²) < 4.78 is 0. The van der Waals surface area contributed by atoms with Gasteiger partial charge in [-0.05, 0) is 25.1 Å². The number of anilines is 3. The molecule has 0 spiro atoms. The van der Waals surface area contributed by atoms with Crippen LogP contribution >= 0.6 is 0 Å². The predicted octanol–water partition coefficient (Wildman–Crippen LogP) is 4.24. The van der Waals surface area contributed by atoms with Gasteiger partial charge in [0.25, 0.3) is 0 Å². The number of amides is 1. The monoisotopic (exact) mass is 427 g/mol. The first-order valence-corrected chi connectivity index (χ1v) is 10.1. The number of carbonyl (C=O) groups excluding carboxylic acids is 3. The number of ketones is 2. The van der Waals surface area contributed by atoms with Gasteiger partial charge >= 0.3 is 0 Å². The van der Waals surface area contributed by atoms with Crippen molar-refractivity contribution in [3.63, 3.8) is 0 Å². The second-order valence-electron chi connectivity index (χ2n) is 7.30. The molecule has 160 valence electrons. The molecule has 0 bridgehead atoms. The molecule has 8 nitrogen and oxygen atoms in total. The lowest BCUT2D eigenvalue weighted by atomic mass is 10.0. The summed E-state index contributed by atoms with van der Waals surface area (Å²) in [6.45, 7) is 1.46. The Bertz CT molecular complexity index is 1300. The van der Waals surface area contributed by atoms with Crippen LogP contribution in [-0.4, -0.2) is 32.4 Å². The van der Waals surface area contributed by atoms with Gasteiger partial charge in [-0.15, -0.1) is 0 Å². The Morgan fingerprint density at radius 3 is 2.50 bits per heavy atom. The molecule has 4 rings (SSSR count). The molecular formula is C24H21N5O3. The lowest BCUT2D eigenvalue weighted by Gasteiger charge is -2.10. The van der Waals surface area contributed by atoms with Gasteiger partial charge in [-0.25, -0.2) is 9.97 Å². The van der Waals surface area contributed by atoms with Crippen LogP contribution in [0.4, 0.5) is 17.2 Å². The van der Waals surface area contributed by atoms with Crippen molar-refractivity contribution >= 4 is 45.7 Å². The van der Waals surface area contributed by atoms with Crippen LogP contribution < -0.4 is 10.6 Å². The van der Waals surface area contributed by atoms with Crippen LogP contribution in [0.1, 0.15) is 35.7 Å². The van der Waals surface area contributed by atoms with E-state index in [2.05, 4.69) is 25.6 Å². The number of hydrogen-bond acceptors (Lipinski definition) is 6. The zero-order valence-corrected chi connectivity index (χ0v) is 17.4. The maximum Gasteiger partial charge on any atom is 0.224 e. The van der Waals surface area contributed by atoms with Crippen LogP contribution in [0.3, 0.4) is 0 Å². The fraction of sp³-hybridized carbons (Fsp3) is 0.125. The van der Waals surface area contributed by atoms with Crippen molar-refractivity contribution in [3.8, 4) is 0 Å². The first kappa shape index (κ1) is 20.9. The fourth-order valence-electron chi connectivity index (χ4n) is 3.31. The molecule has 4 aromatic rings. The van der Waals surface area contributed by atoms with E-state index in [1.807, 2.05) is 24.3 Å². The van der Waals surface area contributed by atoms with Crippen molar-refractivity contribution in [2.24, 2.45) is 0 Å². The van der Waals surface area contributed by atoms with E-state index in [1.165, 1.54) is 13.3 Å². The zero-order valence-electron chi connectivity index (χ0n) is 17.4.